The van der Waals surface area contributed by atoms with Crippen molar-refractivity contribution in [1.82, 2.24) is 15.5 Å². The lowest BCUT2D eigenvalue weighted by molar-refractivity contribution is 0.0946. The van der Waals surface area contributed by atoms with Crippen LogP contribution in [0.2, 0.25) is 0 Å². The fraction of sp³-hybridized carbons (Fsp3) is 0.133. The number of nitrogens with one attached hydrogen (secondary N) is 1. The Morgan fingerprint density at radius 2 is 2.00 bits per heavy atom. The normalized spacial score (nSPS) is 10.6. The first-order chi connectivity index (χ1) is 9.84. The van der Waals surface area contributed by atoms with E-state index in [1.807, 2.05) is 36.4 Å². The van der Waals surface area contributed by atoms with E-state index in [0.29, 0.717) is 24.2 Å². The Bertz CT molecular complexity index is 722. The van der Waals surface area contributed by atoms with Crippen LogP contribution in [0.3, 0.4) is 0 Å². The third kappa shape index (κ3) is 2.51. The molecule has 1 aromatic carbocycles. The van der Waals surface area contributed by atoms with Crippen molar-refractivity contribution in [2.24, 2.45) is 0 Å². The molecule has 0 radical (unpaired) electrons. The van der Waals surface area contributed by atoms with Crippen LogP contribution in [0, 0.1) is 0 Å². The molecule has 0 aliphatic heterocycles. The highest BCUT2D eigenvalue weighted by Gasteiger charge is 2.14. The van der Waals surface area contributed by atoms with Crippen LogP contribution < -0.4 is 5.32 Å². The van der Waals surface area contributed by atoms with Crippen molar-refractivity contribution in [3.8, 4) is 0 Å². The van der Waals surface area contributed by atoms with E-state index in [9.17, 15) is 4.79 Å². The van der Waals surface area contributed by atoms with Crippen molar-refractivity contribution < 1.29 is 9.32 Å². The smallest absolute Gasteiger partial charge is 0.274 e. The lowest BCUT2D eigenvalue weighted by Crippen LogP contribution is -2.26. The minimum absolute atomic E-state index is 0.231. The highest BCUT2D eigenvalue weighted by Crippen LogP contribution is 2.17. The molecule has 0 fully saturated rings. The average molecular weight is 267 g/mol. The maximum absolute atomic E-state index is 12.1. The topological polar surface area (TPSA) is 68.0 Å². The van der Waals surface area contributed by atoms with Gasteiger partial charge in [-0.15, -0.1) is 0 Å². The summed E-state index contributed by atoms with van der Waals surface area (Å²) in [4.78, 5) is 16.3. The monoisotopic (exact) mass is 267 g/mol. The lowest BCUT2D eigenvalue weighted by atomic mass is 10.2. The van der Waals surface area contributed by atoms with Gasteiger partial charge >= 0.3 is 0 Å². The molecule has 0 aliphatic rings. The summed E-state index contributed by atoms with van der Waals surface area (Å²) in [6, 6.07) is 13.0. The van der Waals surface area contributed by atoms with Gasteiger partial charge in [0.1, 0.15) is 0 Å². The van der Waals surface area contributed by atoms with Crippen molar-refractivity contribution >= 4 is 16.9 Å². The second kappa shape index (κ2) is 5.52. The summed E-state index contributed by atoms with van der Waals surface area (Å²) in [6.45, 7) is 0.511. The van der Waals surface area contributed by atoms with E-state index >= 15 is 0 Å². The SMILES string of the molecule is O=C(NCCc1ccccn1)c1noc2ccccc12. The number of rotatable bonds is 4. The van der Waals surface area contributed by atoms with E-state index in [1.165, 1.54) is 0 Å². The Kier molecular flexibility index (Phi) is 3.41. The Hall–Kier alpha value is -2.69. The fourth-order valence-electron chi connectivity index (χ4n) is 1.98. The first-order valence-corrected chi connectivity index (χ1v) is 6.37. The van der Waals surface area contributed by atoms with E-state index in [2.05, 4.69) is 15.5 Å². The number of hydrogen-bond donors (Lipinski definition) is 1. The first-order valence-electron chi connectivity index (χ1n) is 6.37. The minimum Gasteiger partial charge on any atom is -0.355 e. The lowest BCUT2D eigenvalue weighted by Gasteiger charge is -2.02. The summed E-state index contributed by atoms with van der Waals surface area (Å²) in [5.74, 6) is -0.231. The second-order valence-electron chi connectivity index (χ2n) is 4.35. The Morgan fingerprint density at radius 1 is 1.15 bits per heavy atom. The zero-order valence-corrected chi connectivity index (χ0v) is 10.7. The molecule has 3 aromatic rings. The molecule has 1 amide bonds. The highest BCUT2D eigenvalue weighted by molar-refractivity contribution is 6.03. The molecule has 20 heavy (non-hydrogen) atoms. The number of carbonyl (C=O) groups excluding carboxylic acids is 1. The molecular formula is C15H13N3O2. The second-order valence-corrected chi connectivity index (χ2v) is 4.35. The molecule has 0 saturated carbocycles. The minimum atomic E-state index is -0.231. The van der Waals surface area contributed by atoms with E-state index in [4.69, 9.17) is 4.52 Å². The highest BCUT2D eigenvalue weighted by atomic mass is 16.5. The molecule has 0 saturated heterocycles. The largest absolute Gasteiger partial charge is 0.355 e. The van der Waals surface area contributed by atoms with Crippen molar-refractivity contribution in [3.05, 3.63) is 60.0 Å². The van der Waals surface area contributed by atoms with Gasteiger partial charge in [0.15, 0.2) is 11.3 Å². The number of nitrogens with zero attached hydrogens (tertiary/aromatic N) is 2. The molecule has 3 rings (SSSR count). The molecule has 5 nitrogen and oxygen atoms in total. The van der Waals surface area contributed by atoms with Crippen molar-refractivity contribution in [2.75, 3.05) is 6.54 Å². The Balaban J connectivity index is 1.65. The summed E-state index contributed by atoms with van der Waals surface area (Å²) in [5.41, 5.74) is 1.88. The molecule has 0 bridgehead atoms. The predicted octanol–water partition coefficient (Wildman–Crippen LogP) is 2.20. The number of pyridine rings is 1. The number of para-hydroxylation sites is 1. The van der Waals surface area contributed by atoms with Gasteiger partial charge < -0.3 is 9.84 Å². The van der Waals surface area contributed by atoms with Crippen LogP contribution >= 0.6 is 0 Å². The summed E-state index contributed by atoms with van der Waals surface area (Å²) in [6.07, 6.45) is 2.42. The fourth-order valence-corrected chi connectivity index (χ4v) is 1.98. The molecule has 5 heteroatoms. The molecule has 2 aromatic heterocycles. The molecule has 0 unspecified atom stereocenters. The third-order valence-electron chi connectivity index (χ3n) is 2.99. The number of carbonyl (C=O) groups is 1. The van der Waals surface area contributed by atoms with Gasteiger partial charge in [0, 0.05) is 24.9 Å². The van der Waals surface area contributed by atoms with Gasteiger partial charge in [-0.2, -0.15) is 0 Å². The van der Waals surface area contributed by atoms with E-state index < -0.39 is 0 Å². The molecule has 1 N–H and O–H groups in total. The number of benzene rings is 1. The predicted molar refractivity (Wildman–Crippen MR) is 74.3 cm³/mol. The van der Waals surface area contributed by atoms with Crippen LogP contribution in [0.5, 0.6) is 0 Å². The van der Waals surface area contributed by atoms with Gasteiger partial charge in [-0.1, -0.05) is 23.4 Å². The van der Waals surface area contributed by atoms with Crippen molar-refractivity contribution in [3.63, 3.8) is 0 Å². The van der Waals surface area contributed by atoms with Gasteiger partial charge in [-0.25, -0.2) is 0 Å². The van der Waals surface area contributed by atoms with Crippen LogP contribution in [0.15, 0.2) is 53.2 Å². The van der Waals surface area contributed by atoms with Gasteiger partial charge in [-0.05, 0) is 24.3 Å². The van der Waals surface area contributed by atoms with Gasteiger partial charge in [0.25, 0.3) is 5.91 Å². The van der Waals surface area contributed by atoms with Gasteiger partial charge in [0.05, 0.1) is 5.39 Å². The van der Waals surface area contributed by atoms with E-state index in [-0.39, 0.29) is 5.91 Å². The quantitative estimate of drug-likeness (QED) is 0.786. The van der Waals surface area contributed by atoms with Crippen LogP contribution in [0.4, 0.5) is 0 Å². The van der Waals surface area contributed by atoms with Crippen molar-refractivity contribution in [2.45, 2.75) is 6.42 Å². The Morgan fingerprint density at radius 3 is 2.85 bits per heavy atom. The molecule has 0 atom stereocenters. The molecule has 0 aliphatic carbocycles. The molecular weight excluding hydrogens is 254 g/mol. The number of amides is 1. The molecule has 2 heterocycles. The van der Waals surface area contributed by atoms with Gasteiger partial charge in [-0.3, -0.25) is 9.78 Å². The maximum Gasteiger partial charge on any atom is 0.274 e. The summed E-state index contributed by atoms with van der Waals surface area (Å²) in [5, 5.41) is 7.37. The standard InChI is InChI=1S/C15H13N3O2/c19-15(17-10-8-11-5-3-4-9-16-11)14-12-6-1-2-7-13(12)20-18-14/h1-7,9H,8,10H2,(H,17,19). The van der Waals surface area contributed by atoms with Crippen molar-refractivity contribution in [1.29, 1.82) is 0 Å². The number of fused-ring (bicyclic) bond motifs is 1. The summed E-state index contributed by atoms with van der Waals surface area (Å²) < 4.78 is 5.11. The maximum atomic E-state index is 12.1. The van der Waals surface area contributed by atoms with Crippen LogP contribution in [-0.2, 0) is 6.42 Å². The molecule has 0 spiro atoms. The number of hydrogen-bond acceptors (Lipinski definition) is 4. The van der Waals surface area contributed by atoms with E-state index in [0.717, 1.165) is 11.1 Å². The molecule has 100 valence electrons. The summed E-state index contributed by atoms with van der Waals surface area (Å²) in [7, 11) is 0. The Labute approximate surface area is 115 Å². The van der Waals surface area contributed by atoms with E-state index in [1.54, 1.807) is 12.3 Å². The van der Waals surface area contributed by atoms with Crippen LogP contribution in [0.1, 0.15) is 16.2 Å². The van der Waals surface area contributed by atoms with Gasteiger partial charge in [0.2, 0.25) is 0 Å². The first kappa shape index (κ1) is 12.3. The van der Waals surface area contributed by atoms with Crippen LogP contribution in [0.25, 0.3) is 11.0 Å². The zero-order chi connectivity index (χ0) is 13.8. The van der Waals surface area contributed by atoms with Crippen LogP contribution in [-0.4, -0.2) is 22.6 Å². The summed E-state index contributed by atoms with van der Waals surface area (Å²) >= 11 is 0. The number of aromatic nitrogens is 2. The average Bonchev–Trinajstić information content (AvgIpc) is 2.92. The zero-order valence-electron chi connectivity index (χ0n) is 10.7. The third-order valence-corrected chi connectivity index (χ3v) is 2.99.